The Kier molecular flexibility index (Phi) is 4.85. The third-order valence-electron chi connectivity index (χ3n) is 4.11. The van der Waals surface area contributed by atoms with E-state index in [2.05, 4.69) is 22.4 Å². The molecule has 1 aromatic carbocycles. The third kappa shape index (κ3) is 3.54. The van der Waals surface area contributed by atoms with Crippen molar-refractivity contribution in [2.24, 2.45) is 0 Å². The van der Waals surface area contributed by atoms with Gasteiger partial charge < -0.3 is 14.8 Å². The van der Waals surface area contributed by atoms with Crippen LogP contribution in [0.1, 0.15) is 24.4 Å². The summed E-state index contributed by atoms with van der Waals surface area (Å²) in [5.74, 6) is 0.246. The van der Waals surface area contributed by atoms with Crippen molar-refractivity contribution >= 4 is 5.91 Å². The molecule has 3 rings (SSSR count). The van der Waals surface area contributed by atoms with Crippen LogP contribution in [0.3, 0.4) is 0 Å². The summed E-state index contributed by atoms with van der Waals surface area (Å²) < 4.78 is 2.01. The Morgan fingerprint density at radius 1 is 1.32 bits per heavy atom. The van der Waals surface area contributed by atoms with E-state index >= 15 is 0 Å². The molecule has 0 radical (unpaired) electrons. The fraction of sp³-hybridized carbons (Fsp3) is 0.412. The standard InChI is InChI=1S/C17H22N4O/c22-17(7-4-10-20-11-8-19-14-20)21-12-9-18-13-16(21)15-5-2-1-3-6-15/h1-3,5-6,8,11,14,16,18H,4,7,9-10,12-13H2/t16-/m0/s1. The van der Waals surface area contributed by atoms with E-state index in [1.165, 1.54) is 5.56 Å². The average Bonchev–Trinajstić information content (AvgIpc) is 3.09. The molecule has 1 N–H and O–H groups in total. The summed E-state index contributed by atoms with van der Waals surface area (Å²) in [7, 11) is 0. The van der Waals surface area contributed by atoms with Gasteiger partial charge in [-0.25, -0.2) is 4.98 Å². The molecule has 0 unspecified atom stereocenters. The van der Waals surface area contributed by atoms with E-state index in [1.54, 1.807) is 12.5 Å². The summed E-state index contributed by atoms with van der Waals surface area (Å²) in [5, 5.41) is 3.39. The molecule has 1 aliphatic rings. The zero-order valence-corrected chi connectivity index (χ0v) is 12.7. The van der Waals surface area contributed by atoms with E-state index in [9.17, 15) is 4.79 Å². The number of aryl methyl sites for hydroxylation is 1. The highest BCUT2D eigenvalue weighted by molar-refractivity contribution is 5.76. The molecule has 0 saturated carbocycles. The predicted octanol–water partition coefficient (Wildman–Crippen LogP) is 1.84. The summed E-state index contributed by atoms with van der Waals surface area (Å²) in [5.41, 5.74) is 1.21. The lowest BCUT2D eigenvalue weighted by Crippen LogP contribution is -2.48. The average molecular weight is 298 g/mol. The molecule has 0 bridgehead atoms. The van der Waals surface area contributed by atoms with Crippen molar-refractivity contribution in [2.45, 2.75) is 25.4 Å². The van der Waals surface area contributed by atoms with Crippen molar-refractivity contribution in [2.75, 3.05) is 19.6 Å². The molecule has 0 aliphatic carbocycles. The number of carbonyl (C=O) groups excluding carboxylic acids is 1. The van der Waals surface area contributed by atoms with Crippen LogP contribution in [0.15, 0.2) is 49.1 Å². The second-order valence-corrected chi connectivity index (χ2v) is 5.62. The zero-order valence-electron chi connectivity index (χ0n) is 12.7. The Balaban J connectivity index is 1.59. The Hall–Kier alpha value is -2.14. The number of rotatable bonds is 5. The highest BCUT2D eigenvalue weighted by Gasteiger charge is 2.27. The van der Waals surface area contributed by atoms with Gasteiger partial charge in [0.1, 0.15) is 0 Å². The monoisotopic (exact) mass is 298 g/mol. The van der Waals surface area contributed by atoms with Gasteiger partial charge in [0, 0.05) is 45.0 Å². The normalized spacial score (nSPS) is 18.4. The molecule has 2 aromatic rings. The van der Waals surface area contributed by atoms with E-state index in [4.69, 9.17) is 0 Å². The van der Waals surface area contributed by atoms with Gasteiger partial charge in [-0.2, -0.15) is 0 Å². The van der Waals surface area contributed by atoms with E-state index in [1.807, 2.05) is 33.9 Å². The fourth-order valence-electron chi connectivity index (χ4n) is 2.95. The fourth-order valence-corrected chi connectivity index (χ4v) is 2.95. The number of imidazole rings is 1. The first kappa shape index (κ1) is 14.8. The maximum Gasteiger partial charge on any atom is 0.223 e. The molecule has 5 nitrogen and oxygen atoms in total. The van der Waals surface area contributed by atoms with Crippen molar-refractivity contribution in [1.82, 2.24) is 19.8 Å². The molecule has 1 saturated heterocycles. The second-order valence-electron chi connectivity index (χ2n) is 5.62. The molecular formula is C17H22N4O. The second kappa shape index (κ2) is 7.22. The molecule has 1 amide bonds. The number of hydrogen-bond donors (Lipinski definition) is 1. The summed E-state index contributed by atoms with van der Waals surface area (Å²) >= 11 is 0. The van der Waals surface area contributed by atoms with Crippen LogP contribution in [0, 0.1) is 0 Å². The highest BCUT2D eigenvalue weighted by atomic mass is 16.2. The molecule has 116 valence electrons. The van der Waals surface area contributed by atoms with Crippen molar-refractivity contribution < 1.29 is 4.79 Å². The van der Waals surface area contributed by atoms with Crippen molar-refractivity contribution in [3.63, 3.8) is 0 Å². The Labute approximate surface area is 131 Å². The van der Waals surface area contributed by atoms with E-state index in [0.717, 1.165) is 32.6 Å². The van der Waals surface area contributed by atoms with Gasteiger partial charge in [0.25, 0.3) is 0 Å². The molecular weight excluding hydrogens is 276 g/mol. The summed E-state index contributed by atoms with van der Waals surface area (Å²) in [6.07, 6.45) is 6.93. The number of aromatic nitrogens is 2. The molecule has 1 aromatic heterocycles. The SMILES string of the molecule is O=C(CCCn1ccnc1)N1CCNC[C@H]1c1ccccc1. The molecule has 1 atom stereocenters. The number of nitrogens with one attached hydrogen (secondary N) is 1. The molecule has 1 aliphatic heterocycles. The van der Waals surface area contributed by atoms with Gasteiger partial charge in [0.15, 0.2) is 0 Å². The number of amides is 1. The van der Waals surface area contributed by atoms with Crippen LogP contribution in [0.2, 0.25) is 0 Å². The number of nitrogens with zero attached hydrogens (tertiary/aromatic N) is 3. The lowest BCUT2D eigenvalue weighted by molar-refractivity contribution is -0.134. The van der Waals surface area contributed by atoms with Crippen LogP contribution >= 0.6 is 0 Å². The molecule has 5 heteroatoms. The third-order valence-corrected chi connectivity index (χ3v) is 4.11. The smallest absolute Gasteiger partial charge is 0.223 e. The minimum Gasteiger partial charge on any atom is -0.337 e. The van der Waals surface area contributed by atoms with Crippen LogP contribution in [-0.4, -0.2) is 40.0 Å². The molecule has 0 spiro atoms. The Morgan fingerprint density at radius 2 is 2.18 bits per heavy atom. The largest absolute Gasteiger partial charge is 0.337 e. The maximum absolute atomic E-state index is 12.6. The first-order valence-corrected chi connectivity index (χ1v) is 7.85. The summed E-state index contributed by atoms with van der Waals surface area (Å²) in [6, 6.07) is 10.4. The minimum absolute atomic E-state index is 0.149. The number of carbonyl (C=O) groups is 1. The molecule has 2 heterocycles. The predicted molar refractivity (Wildman–Crippen MR) is 85.2 cm³/mol. The lowest BCUT2D eigenvalue weighted by Gasteiger charge is -2.36. The van der Waals surface area contributed by atoms with Crippen LogP contribution < -0.4 is 5.32 Å². The lowest BCUT2D eigenvalue weighted by atomic mass is 10.0. The van der Waals surface area contributed by atoms with Crippen LogP contribution in [0.4, 0.5) is 0 Å². The van der Waals surface area contributed by atoms with Gasteiger partial charge in [-0.15, -0.1) is 0 Å². The van der Waals surface area contributed by atoms with Crippen LogP contribution in [-0.2, 0) is 11.3 Å². The van der Waals surface area contributed by atoms with Crippen LogP contribution in [0.25, 0.3) is 0 Å². The topological polar surface area (TPSA) is 50.2 Å². The Bertz CT molecular complexity index is 582. The maximum atomic E-state index is 12.6. The number of hydrogen-bond acceptors (Lipinski definition) is 3. The van der Waals surface area contributed by atoms with Crippen molar-refractivity contribution in [3.05, 3.63) is 54.6 Å². The van der Waals surface area contributed by atoms with E-state index < -0.39 is 0 Å². The van der Waals surface area contributed by atoms with Gasteiger partial charge in [-0.3, -0.25) is 4.79 Å². The zero-order chi connectivity index (χ0) is 15.2. The van der Waals surface area contributed by atoms with E-state index in [0.29, 0.717) is 6.42 Å². The summed E-state index contributed by atoms with van der Waals surface area (Å²) in [6.45, 7) is 3.32. The van der Waals surface area contributed by atoms with Gasteiger partial charge in [0.2, 0.25) is 5.91 Å². The number of benzene rings is 1. The molecule has 1 fully saturated rings. The van der Waals surface area contributed by atoms with Gasteiger partial charge in [0.05, 0.1) is 12.4 Å². The van der Waals surface area contributed by atoms with Crippen molar-refractivity contribution in [3.8, 4) is 0 Å². The van der Waals surface area contributed by atoms with E-state index in [-0.39, 0.29) is 11.9 Å². The quantitative estimate of drug-likeness (QED) is 0.916. The first-order chi connectivity index (χ1) is 10.8. The number of piperazine rings is 1. The minimum atomic E-state index is 0.149. The summed E-state index contributed by atoms with van der Waals surface area (Å²) in [4.78, 5) is 18.6. The van der Waals surface area contributed by atoms with Gasteiger partial charge in [-0.1, -0.05) is 30.3 Å². The van der Waals surface area contributed by atoms with Gasteiger partial charge >= 0.3 is 0 Å². The first-order valence-electron chi connectivity index (χ1n) is 7.85. The molecule has 22 heavy (non-hydrogen) atoms. The Morgan fingerprint density at radius 3 is 2.95 bits per heavy atom. The van der Waals surface area contributed by atoms with Gasteiger partial charge in [-0.05, 0) is 12.0 Å². The highest BCUT2D eigenvalue weighted by Crippen LogP contribution is 2.23. The van der Waals surface area contributed by atoms with Crippen molar-refractivity contribution in [1.29, 1.82) is 0 Å². The van der Waals surface area contributed by atoms with Crippen LogP contribution in [0.5, 0.6) is 0 Å².